The molecule has 0 bridgehead atoms. The summed E-state index contributed by atoms with van der Waals surface area (Å²) in [4.78, 5) is 0. The average molecular weight is 267 g/mol. The van der Waals surface area contributed by atoms with Gasteiger partial charge in [0.2, 0.25) is 0 Å². The van der Waals surface area contributed by atoms with Gasteiger partial charge in [-0.05, 0) is 42.0 Å². The second kappa shape index (κ2) is 4.79. The molecule has 1 heterocycles. The van der Waals surface area contributed by atoms with Gasteiger partial charge >= 0.3 is 0 Å². The van der Waals surface area contributed by atoms with Crippen LogP contribution in [0.4, 0.5) is 0 Å². The number of halogens is 1. The average Bonchev–Trinajstić information content (AvgIpc) is 2.81. The molecule has 3 heteroatoms. The van der Waals surface area contributed by atoms with Crippen LogP contribution in [0.3, 0.4) is 0 Å². The Labute approximate surface area is 116 Å². The third-order valence-corrected chi connectivity index (χ3v) is 3.38. The molecule has 0 amide bonds. The monoisotopic (exact) mass is 266 g/mol. The highest BCUT2D eigenvalue weighted by atomic mass is 35.5. The highest BCUT2D eigenvalue weighted by molar-refractivity contribution is 6.30. The van der Waals surface area contributed by atoms with Crippen LogP contribution in [0.5, 0.6) is 0 Å². The Bertz CT molecular complexity index is 781. The van der Waals surface area contributed by atoms with Gasteiger partial charge in [0.15, 0.2) is 0 Å². The van der Waals surface area contributed by atoms with Crippen LogP contribution >= 0.6 is 11.6 Å². The molecule has 2 aromatic carbocycles. The number of fused-ring (bicyclic) bond motifs is 1. The quantitative estimate of drug-likeness (QED) is 0.683. The van der Waals surface area contributed by atoms with Crippen molar-refractivity contribution in [1.29, 1.82) is 5.26 Å². The number of rotatable bonds is 2. The first-order valence-corrected chi connectivity index (χ1v) is 6.37. The van der Waals surface area contributed by atoms with Crippen molar-refractivity contribution in [2.75, 3.05) is 0 Å². The molecule has 0 N–H and O–H groups in total. The minimum absolute atomic E-state index is 0.688. The van der Waals surface area contributed by atoms with Crippen LogP contribution in [0.2, 0.25) is 5.02 Å². The van der Waals surface area contributed by atoms with E-state index in [9.17, 15) is 0 Å². The van der Waals surface area contributed by atoms with Crippen LogP contribution in [0.15, 0.2) is 54.7 Å². The van der Waals surface area contributed by atoms with E-state index in [0.717, 1.165) is 28.0 Å². The predicted molar refractivity (Wildman–Crippen MR) is 77.2 cm³/mol. The van der Waals surface area contributed by atoms with Gasteiger partial charge in [0.1, 0.15) is 0 Å². The molecule has 0 saturated heterocycles. The summed E-state index contributed by atoms with van der Waals surface area (Å²) in [6, 6.07) is 17.8. The summed E-state index contributed by atoms with van der Waals surface area (Å²) in [5.74, 6) is 0. The molecule has 19 heavy (non-hydrogen) atoms. The zero-order chi connectivity index (χ0) is 13.2. The van der Waals surface area contributed by atoms with Crippen LogP contribution in [0.1, 0.15) is 11.1 Å². The summed E-state index contributed by atoms with van der Waals surface area (Å²) in [6.45, 7) is 0.774. The standard InChI is InChI=1S/C16H11ClN2/c17-15-3-1-2-13(9-15)11-19-7-6-14-8-12(10-18)4-5-16(14)19/h1-9H,11H2. The molecule has 0 saturated carbocycles. The van der Waals surface area contributed by atoms with Crippen molar-refractivity contribution in [2.45, 2.75) is 6.54 Å². The Morgan fingerprint density at radius 3 is 2.79 bits per heavy atom. The van der Waals surface area contributed by atoms with E-state index >= 15 is 0 Å². The first-order chi connectivity index (χ1) is 9.26. The van der Waals surface area contributed by atoms with E-state index in [1.807, 2.05) is 48.7 Å². The lowest BCUT2D eigenvalue weighted by atomic mass is 10.2. The fourth-order valence-corrected chi connectivity index (χ4v) is 2.45. The third-order valence-electron chi connectivity index (χ3n) is 3.14. The van der Waals surface area contributed by atoms with Gasteiger partial charge in [-0.15, -0.1) is 0 Å². The van der Waals surface area contributed by atoms with E-state index in [1.165, 1.54) is 0 Å². The summed E-state index contributed by atoms with van der Waals surface area (Å²) in [5, 5.41) is 10.7. The van der Waals surface area contributed by atoms with Crippen LogP contribution in [0.25, 0.3) is 10.9 Å². The Morgan fingerprint density at radius 1 is 1.11 bits per heavy atom. The number of aromatic nitrogens is 1. The number of nitriles is 1. The zero-order valence-electron chi connectivity index (χ0n) is 10.2. The summed E-state index contributed by atoms with van der Waals surface area (Å²) < 4.78 is 2.15. The number of hydrogen-bond donors (Lipinski definition) is 0. The van der Waals surface area contributed by atoms with Gasteiger partial charge in [0.05, 0.1) is 11.6 Å². The zero-order valence-corrected chi connectivity index (χ0v) is 10.9. The van der Waals surface area contributed by atoms with Gasteiger partial charge in [-0.25, -0.2) is 0 Å². The van der Waals surface area contributed by atoms with Gasteiger partial charge in [0.25, 0.3) is 0 Å². The Morgan fingerprint density at radius 2 is 2.00 bits per heavy atom. The van der Waals surface area contributed by atoms with Crippen LogP contribution < -0.4 is 0 Å². The van der Waals surface area contributed by atoms with Gasteiger partial charge < -0.3 is 4.57 Å². The van der Waals surface area contributed by atoms with Crippen LogP contribution in [0, 0.1) is 11.3 Å². The maximum absolute atomic E-state index is 8.90. The summed E-state index contributed by atoms with van der Waals surface area (Å²) in [7, 11) is 0. The van der Waals surface area contributed by atoms with Crippen molar-refractivity contribution < 1.29 is 0 Å². The normalized spacial score (nSPS) is 10.5. The predicted octanol–water partition coefficient (Wildman–Crippen LogP) is 4.21. The maximum atomic E-state index is 8.90. The minimum Gasteiger partial charge on any atom is -0.343 e. The maximum Gasteiger partial charge on any atom is 0.0991 e. The minimum atomic E-state index is 0.688. The molecule has 1 aromatic heterocycles. The molecule has 0 aliphatic heterocycles. The van der Waals surface area contributed by atoms with E-state index in [2.05, 4.69) is 16.7 Å². The molecule has 0 aliphatic carbocycles. The van der Waals surface area contributed by atoms with E-state index < -0.39 is 0 Å². The fraction of sp³-hybridized carbons (Fsp3) is 0.0625. The fourth-order valence-electron chi connectivity index (χ4n) is 2.24. The van der Waals surface area contributed by atoms with Crippen molar-refractivity contribution in [3.63, 3.8) is 0 Å². The molecule has 0 atom stereocenters. The number of hydrogen-bond acceptors (Lipinski definition) is 1. The summed E-state index contributed by atoms with van der Waals surface area (Å²) in [5.41, 5.74) is 2.97. The van der Waals surface area contributed by atoms with E-state index in [-0.39, 0.29) is 0 Å². The molecule has 0 radical (unpaired) electrons. The molecule has 3 rings (SSSR count). The Hall–Kier alpha value is -2.24. The highest BCUT2D eigenvalue weighted by Gasteiger charge is 2.03. The number of nitrogens with zero attached hydrogens (tertiary/aromatic N) is 2. The second-order valence-corrected chi connectivity index (χ2v) is 4.90. The molecule has 0 aliphatic rings. The van der Waals surface area contributed by atoms with Crippen molar-refractivity contribution in [3.05, 3.63) is 70.9 Å². The van der Waals surface area contributed by atoms with Gasteiger partial charge in [-0.2, -0.15) is 5.26 Å². The first-order valence-electron chi connectivity index (χ1n) is 6.00. The first kappa shape index (κ1) is 11.8. The largest absolute Gasteiger partial charge is 0.343 e. The summed E-state index contributed by atoms with van der Waals surface area (Å²) in [6.07, 6.45) is 2.03. The van der Waals surface area contributed by atoms with E-state index in [4.69, 9.17) is 16.9 Å². The molecule has 3 aromatic rings. The van der Waals surface area contributed by atoms with E-state index in [0.29, 0.717) is 5.56 Å². The van der Waals surface area contributed by atoms with Crippen molar-refractivity contribution in [3.8, 4) is 6.07 Å². The molecule has 92 valence electrons. The van der Waals surface area contributed by atoms with Gasteiger partial charge in [-0.1, -0.05) is 23.7 Å². The highest BCUT2D eigenvalue weighted by Crippen LogP contribution is 2.19. The SMILES string of the molecule is N#Cc1ccc2c(ccn2Cc2cccc(Cl)c2)c1. The van der Waals surface area contributed by atoms with Crippen molar-refractivity contribution in [2.24, 2.45) is 0 Å². The Kier molecular flexibility index (Phi) is 2.98. The lowest BCUT2D eigenvalue weighted by molar-refractivity contribution is 0.837. The van der Waals surface area contributed by atoms with E-state index in [1.54, 1.807) is 0 Å². The molecule has 0 fully saturated rings. The van der Waals surface area contributed by atoms with Crippen molar-refractivity contribution >= 4 is 22.5 Å². The topological polar surface area (TPSA) is 28.7 Å². The lowest BCUT2D eigenvalue weighted by Crippen LogP contribution is -1.97. The van der Waals surface area contributed by atoms with Gasteiger partial charge in [0, 0.05) is 28.7 Å². The molecular weight excluding hydrogens is 256 g/mol. The van der Waals surface area contributed by atoms with Crippen LogP contribution in [-0.2, 0) is 6.54 Å². The Balaban J connectivity index is 2.00. The molecule has 0 unspecified atom stereocenters. The second-order valence-electron chi connectivity index (χ2n) is 4.46. The molecule has 0 spiro atoms. The van der Waals surface area contributed by atoms with Crippen LogP contribution in [-0.4, -0.2) is 4.57 Å². The number of benzene rings is 2. The van der Waals surface area contributed by atoms with Gasteiger partial charge in [-0.3, -0.25) is 0 Å². The van der Waals surface area contributed by atoms with Crippen molar-refractivity contribution in [1.82, 2.24) is 4.57 Å². The smallest absolute Gasteiger partial charge is 0.0991 e. The molecule has 2 nitrogen and oxygen atoms in total. The third kappa shape index (κ3) is 2.33. The lowest BCUT2D eigenvalue weighted by Gasteiger charge is -2.06. The summed E-state index contributed by atoms with van der Waals surface area (Å²) >= 11 is 6.00. The molecular formula is C16H11ClN2.